The van der Waals surface area contributed by atoms with Gasteiger partial charge in [-0.2, -0.15) is 0 Å². The lowest BCUT2D eigenvalue weighted by Gasteiger charge is -2.34. The first-order valence-electron chi connectivity index (χ1n) is 9.52. The molecule has 1 amide bonds. The van der Waals surface area contributed by atoms with Crippen molar-refractivity contribution in [3.63, 3.8) is 0 Å². The van der Waals surface area contributed by atoms with Gasteiger partial charge >= 0.3 is 0 Å². The van der Waals surface area contributed by atoms with Gasteiger partial charge < -0.3 is 15.2 Å². The maximum Gasteiger partial charge on any atom is 0.259 e. The summed E-state index contributed by atoms with van der Waals surface area (Å²) >= 11 is 6.14. The molecule has 4 rings (SSSR count). The fourth-order valence-electron chi connectivity index (χ4n) is 3.85. The molecule has 0 bridgehead atoms. The first kappa shape index (κ1) is 18.9. The Morgan fingerprint density at radius 2 is 2.21 bits per heavy atom. The summed E-state index contributed by atoms with van der Waals surface area (Å²) in [5.41, 5.74) is 9.13. The van der Waals surface area contributed by atoms with E-state index in [-0.39, 0.29) is 11.9 Å². The number of pyridine rings is 1. The third-order valence-corrected chi connectivity index (χ3v) is 5.69. The Kier molecular flexibility index (Phi) is 5.08. The second kappa shape index (κ2) is 7.53. The molecule has 6 nitrogen and oxygen atoms in total. The van der Waals surface area contributed by atoms with E-state index in [0.717, 1.165) is 24.9 Å². The first-order valence-corrected chi connectivity index (χ1v) is 9.89. The monoisotopic (exact) mass is 398 g/mol. The summed E-state index contributed by atoms with van der Waals surface area (Å²) < 4.78 is 5.39. The predicted octanol–water partition coefficient (Wildman–Crippen LogP) is 4.05. The molecule has 3 aromatic rings. The zero-order chi connectivity index (χ0) is 19.8. The molecule has 0 unspecified atom stereocenters. The number of aromatic nitrogens is 2. The average Bonchev–Trinajstić information content (AvgIpc) is 3.08. The lowest BCUT2D eigenvalue weighted by atomic mass is 9.91. The van der Waals surface area contributed by atoms with Crippen LogP contribution in [0.4, 0.5) is 0 Å². The van der Waals surface area contributed by atoms with Gasteiger partial charge in [0.15, 0.2) is 0 Å². The lowest BCUT2D eigenvalue weighted by Crippen LogP contribution is -2.45. The zero-order valence-corrected chi connectivity index (χ0v) is 16.7. The number of halogens is 1. The molecule has 0 aliphatic carbocycles. The molecule has 2 atom stereocenters. The summed E-state index contributed by atoms with van der Waals surface area (Å²) in [5, 5.41) is 5.30. The highest BCUT2D eigenvalue weighted by Crippen LogP contribution is 2.30. The summed E-state index contributed by atoms with van der Waals surface area (Å²) in [6, 6.07) is 9.26. The van der Waals surface area contributed by atoms with Gasteiger partial charge in [0, 0.05) is 29.7 Å². The van der Waals surface area contributed by atoms with Gasteiger partial charge in [-0.05, 0) is 50.8 Å². The van der Waals surface area contributed by atoms with E-state index >= 15 is 0 Å². The van der Waals surface area contributed by atoms with Crippen molar-refractivity contribution in [3.05, 3.63) is 46.6 Å². The third-order valence-electron chi connectivity index (χ3n) is 5.46. The summed E-state index contributed by atoms with van der Waals surface area (Å²) in [7, 11) is 0. The molecule has 1 saturated heterocycles. The van der Waals surface area contributed by atoms with Crippen LogP contribution in [-0.4, -0.2) is 40.1 Å². The smallest absolute Gasteiger partial charge is 0.259 e. The molecule has 2 aromatic heterocycles. The number of fused-ring (bicyclic) bond motifs is 1. The van der Waals surface area contributed by atoms with Crippen molar-refractivity contribution in [1.29, 1.82) is 0 Å². The van der Waals surface area contributed by atoms with Crippen LogP contribution in [0.5, 0.6) is 0 Å². The number of piperidine rings is 1. The first-order chi connectivity index (χ1) is 13.4. The standard InChI is InChI=1S/C21H23ClN4O2/c1-12(23)15-6-4-8-26(11-15)21(27)17-10-18(14-5-3-7-16(22)9-14)24-20-19(17)13(2)25-28-20/h3,5,7,9-10,12,15H,4,6,8,11,23H2,1-2H3/t12-,15-/m1/s1. The van der Waals surface area contributed by atoms with Gasteiger partial charge in [-0.1, -0.05) is 28.9 Å². The molecule has 0 radical (unpaired) electrons. The zero-order valence-electron chi connectivity index (χ0n) is 16.0. The molecule has 1 aliphatic rings. The number of nitrogens with two attached hydrogens (primary N) is 1. The molecule has 0 saturated carbocycles. The van der Waals surface area contributed by atoms with Gasteiger partial charge in [0.1, 0.15) is 0 Å². The summed E-state index contributed by atoms with van der Waals surface area (Å²) in [6.45, 7) is 5.22. The Bertz CT molecular complexity index is 1030. The number of likely N-dealkylation sites (tertiary alicyclic amines) is 1. The minimum Gasteiger partial charge on any atom is -0.338 e. The number of nitrogens with zero attached hydrogens (tertiary/aromatic N) is 3. The van der Waals surface area contributed by atoms with Crippen LogP contribution in [0.3, 0.4) is 0 Å². The second-order valence-corrected chi connectivity index (χ2v) is 7.96. The van der Waals surface area contributed by atoms with Crippen molar-refractivity contribution in [2.24, 2.45) is 11.7 Å². The number of carbonyl (C=O) groups excluding carboxylic acids is 1. The van der Waals surface area contributed by atoms with Gasteiger partial charge in [-0.25, -0.2) is 4.98 Å². The Morgan fingerprint density at radius 3 is 2.96 bits per heavy atom. The number of aryl methyl sites for hydroxylation is 1. The van der Waals surface area contributed by atoms with Crippen molar-refractivity contribution in [2.75, 3.05) is 13.1 Å². The van der Waals surface area contributed by atoms with E-state index in [1.165, 1.54) is 0 Å². The predicted molar refractivity (Wildman–Crippen MR) is 109 cm³/mol. The topological polar surface area (TPSA) is 85.2 Å². The SMILES string of the molecule is Cc1noc2nc(-c3cccc(Cl)c3)cc(C(=O)N3CCC[C@@H]([C@@H](C)N)C3)c12. The number of amides is 1. The largest absolute Gasteiger partial charge is 0.338 e. The fourth-order valence-corrected chi connectivity index (χ4v) is 4.04. The van der Waals surface area contributed by atoms with E-state index < -0.39 is 0 Å². The van der Waals surface area contributed by atoms with Crippen molar-refractivity contribution < 1.29 is 9.32 Å². The van der Waals surface area contributed by atoms with Crippen molar-refractivity contribution in [1.82, 2.24) is 15.0 Å². The molecular formula is C21H23ClN4O2. The van der Waals surface area contributed by atoms with Crippen molar-refractivity contribution in [2.45, 2.75) is 32.7 Å². The number of carbonyl (C=O) groups is 1. The van der Waals surface area contributed by atoms with Crippen LogP contribution < -0.4 is 5.73 Å². The maximum atomic E-state index is 13.4. The Morgan fingerprint density at radius 1 is 1.39 bits per heavy atom. The van der Waals surface area contributed by atoms with Crippen molar-refractivity contribution in [3.8, 4) is 11.3 Å². The third kappa shape index (κ3) is 3.50. The Balaban J connectivity index is 1.79. The Hall–Kier alpha value is -2.44. The van der Waals surface area contributed by atoms with E-state index in [2.05, 4.69) is 10.1 Å². The second-order valence-electron chi connectivity index (χ2n) is 7.53. The average molecular weight is 399 g/mol. The Labute approximate surface area is 168 Å². The van der Waals surface area contributed by atoms with Crippen LogP contribution in [0.1, 0.15) is 35.8 Å². The van der Waals surface area contributed by atoms with Gasteiger partial charge in [-0.3, -0.25) is 4.79 Å². The van der Waals surface area contributed by atoms with Gasteiger partial charge in [0.05, 0.1) is 22.3 Å². The van der Waals surface area contributed by atoms with E-state index in [1.54, 1.807) is 6.07 Å². The maximum absolute atomic E-state index is 13.4. The quantitative estimate of drug-likeness (QED) is 0.719. The number of rotatable bonds is 3. The number of hydrogen-bond acceptors (Lipinski definition) is 5. The minimum absolute atomic E-state index is 0.0349. The fraction of sp³-hybridized carbons (Fsp3) is 0.381. The van der Waals surface area contributed by atoms with E-state index in [9.17, 15) is 4.79 Å². The highest BCUT2D eigenvalue weighted by Gasteiger charge is 2.29. The van der Waals surface area contributed by atoms with Crippen LogP contribution in [0.2, 0.25) is 5.02 Å². The summed E-state index contributed by atoms with van der Waals surface area (Å²) in [4.78, 5) is 19.9. The van der Waals surface area contributed by atoms with E-state index in [1.807, 2.05) is 43.0 Å². The molecule has 146 valence electrons. The summed E-state index contributed by atoms with van der Waals surface area (Å²) in [6.07, 6.45) is 2.00. The van der Waals surface area contributed by atoms with Gasteiger partial charge in [0.2, 0.25) is 0 Å². The van der Waals surface area contributed by atoms with Crippen LogP contribution >= 0.6 is 11.6 Å². The number of hydrogen-bond donors (Lipinski definition) is 1. The molecule has 28 heavy (non-hydrogen) atoms. The number of benzene rings is 1. The van der Waals surface area contributed by atoms with Crippen LogP contribution in [0.25, 0.3) is 22.4 Å². The summed E-state index contributed by atoms with van der Waals surface area (Å²) in [5.74, 6) is 0.276. The molecule has 3 heterocycles. The molecule has 1 fully saturated rings. The normalized spacial score (nSPS) is 18.4. The molecular weight excluding hydrogens is 376 g/mol. The lowest BCUT2D eigenvalue weighted by molar-refractivity contribution is 0.0663. The minimum atomic E-state index is -0.0349. The molecule has 1 aliphatic heterocycles. The van der Waals surface area contributed by atoms with Crippen LogP contribution in [0, 0.1) is 12.8 Å². The molecule has 2 N–H and O–H groups in total. The van der Waals surface area contributed by atoms with E-state index in [4.69, 9.17) is 21.9 Å². The van der Waals surface area contributed by atoms with E-state index in [0.29, 0.717) is 45.5 Å². The van der Waals surface area contributed by atoms with Crippen LogP contribution in [-0.2, 0) is 0 Å². The molecule has 1 aromatic carbocycles. The highest BCUT2D eigenvalue weighted by atomic mass is 35.5. The van der Waals surface area contributed by atoms with Gasteiger partial charge in [0.25, 0.3) is 11.6 Å². The van der Waals surface area contributed by atoms with Crippen LogP contribution in [0.15, 0.2) is 34.9 Å². The molecule has 7 heteroatoms. The van der Waals surface area contributed by atoms with Gasteiger partial charge in [-0.15, -0.1) is 0 Å². The highest BCUT2D eigenvalue weighted by molar-refractivity contribution is 6.30. The molecule has 0 spiro atoms. The van der Waals surface area contributed by atoms with Crippen molar-refractivity contribution >= 4 is 28.6 Å².